The highest BCUT2D eigenvalue weighted by atomic mass is 16.5. The van der Waals surface area contributed by atoms with Gasteiger partial charge in [-0.15, -0.1) is 0 Å². The number of ether oxygens (including phenoxy) is 1. The second kappa shape index (κ2) is 6.08. The van der Waals surface area contributed by atoms with Crippen LogP contribution in [0.15, 0.2) is 30.6 Å². The minimum absolute atomic E-state index is 0.311. The Morgan fingerprint density at radius 1 is 1.33 bits per heavy atom. The Labute approximate surface area is 121 Å². The van der Waals surface area contributed by atoms with Crippen molar-refractivity contribution in [2.45, 2.75) is 13.5 Å². The lowest BCUT2D eigenvalue weighted by atomic mass is 10.1. The van der Waals surface area contributed by atoms with Crippen LogP contribution in [0, 0.1) is 0 Å². The van der Waals surface area contributed by atoms with E-state index in [1.165, 1.54) is 12.3 Å². The molecule has 0 aliphatic heterocycles. The molecule has 0 aliphatic rings. The molecule has 2 aromatic rings. The van der Waals surface area contributed by atoms with Gasteiger partial charge >= 0.3 is 5.97 Å². The van der Waals surface area contributed by atoms with E-state index in [0.717, 1.165) is 5.56 Å². The number of esters is 1. The second-order valence-corrected chi connectivity index (χ2v) is 4.42. The molecule has 0 spiro atoms. The molecular weight excluding hydrogens is 272 g/mol. The van der Waals surface area contributed by atoms with E-state index in [2.05, 4.69) is 5.10 Å². The van der Waals surface area contributed by atoms with Crippen LogP contribution in [0.5, 0.6) is 0 Å². The van der Waals surface area contributed by atoms with E-state index in [-0.39, 0.29) is 0 Å². The van der Waals surface area contributed by atoms with Crippen molar-refractivity contribution in [3.63, 3.8) is 0 Å². The number of hydrogen-bond acceptors (Lipinski definition) is 5. The van der Waals surface area contributed by atoms with Crippen LogP contribution < -0.4 is 11.5 Å². The number of nitrogen functional groups attached to an aromatic ring is 1. The third kappa shape index (κ3) is 3.38. The Bertz CT molecular complexity index is 679. The van der Waals surface area contributed by atoms with Crippen LogP contribution >= 0.6 is 0 Å². The van der Waals surface area contributed by atoms with Gasteiger partial charge in [0.2, 0.25) is 5.91 Å². The van der Waals surface area contributed by atoms with Gasteiger partial charge in [-0.1, -0.05) is 6.07 Å². The smallest absolute Gasteiger partial charge is 0.341 e. The topological polar surface area (TPSA) is 113 Å². The maximum absolute atomic E-state index is 11.5. The van der Waals surface area contributed by atoms with Crippen molar-refractivity contribution in [1.29, 1.82) is 0 Å². The summed E-state index contributed by atoms with van der Waals surface area (Å²) >= 11 is 0. The number of aromatic nitrogens is 2. The number of carbonyl (C=O) groups is 2. The first-order valence-corrected chi connectivity index (χ1v) is 6.39. The fourth-order valence-electron chi connectivity index (χ4n) is 1.84. The fourth-order valence-corrected chi connectivity index (χ4v) is 1.84. The first kappa shape index (κ1) is 14.6. The second-order valence-electron chi connectivity index (χ2n) is 4.42. The quantitative estimate of drug-likeness (QED) is 0.623. The molecule has 0 saturated carbocycles. The average molecular weight is 288 g/mol. The molecular formula is C14H16N4O3. The molecule has 0 fully saturated rings. The van der Waals surface area contributed by atoms with E-state index < -0.39 is 11.9 Å². The normalized spacial score (nSPS) is 10.3. The zero-order chi connectivity index (χ0) is 15.4. The summed E-state index contributed by atoms with van der Waals surface area (Å²) in [6.07, 6.45) is 3.02. The van der Waals surface area contributed by atoms with Gasteiger partial charge < -0.3 is 16.2 Å². The van der Waals surface area contributed by atoms with Gasteiger partial charge in [-0.05, 0) is 24.6 Å². The van der Waals surface area contributed by atoms with Gasteiger partial charge in [0.15, 0.2) is 0 Å². The summed E-state index contributed by atoms with van der Waals surface area (Å²) in [4.78, 5) is 22.6. The lowest BCUT2D eigenvalue weighted by Crippen LogP contribution is -2.12. The van der Waals surface area contributed by atoms with Gasteiger partial charge in [0, 0.05) is 17.4 Å². The van der Waals surface area contributed by atoms with Crippen molar-refractivity contribution in [1.82, 2.24) is 9.78 Å². The third-order valence-electron chi connectivity index (χ3n) is 2.91. The highest BCUT2D eigenvalue weighted by Crippen LogP contribution is 2.15. The molecule has 7 heteroatoms. The first-order chi connectivity index (χ1) is 10.0. The zero-order valence-corrected chi connectivity index (χ0v) is 11.6. The van der Waals surface area contributed by atoms with Crippen molar-refractivity contribution in [2.75, 3.05) is 12.3 Å². The number of hydrogen-bond donors (Lipinski definition) is 2. The van der Waals surface area contributed by atoms with Crippen LogP contribution in [0.2, 0.25) is 0 Å². The summed E-state index contributed by atoms with van der Waals surface area (Å²) in [6, 6.07) is 4.83. The van der Waals surface area contributed by atoms with Crippen molar-refractivity contribution >= 4 is 17.6 Å². The summed E-state index contributed by atoms with van der Waals surface area (Å²) < 4.78 is 6.46. The van der Waals surface area contributed by atoms with Gasteiger partial charge in [0.25, 0.3) is 0 Å². The van der Waals surface area contributed by atoms with Crippen LogP contribution in [0.3, 0.4) is 0 Å². The highest BCUT2D eigenvalue weighted by Gasteiger charge is 2.11. The Morgan fingerprint density at radius 3 is 2.71 bits per heavy atom. The first-order valence-electron chi connectivity index (χ1n) is 6.39. The minimum atomic E-state index is -0.531. The molecule has 1 heterocycles. The maximum atomic E-state index is 11.5. The number of benzene rings is 1. The Balaban J connectivity index is 2.15. The van der Waals surface area contributed by atoms with Crippen LogP contribution in [0.4, 0.5) is 5.69 Å². The molecule has 1 aromatic carbocycles. The van der Waals surface area contributed by atoms with Gasteiger partial charge in [0.1, 0.15) is 0 Å². The fraction of sp³-hybridized carbons (Fsp3) is 0.214. The SMILES string of the molecule is CCOC(=O)c1cnn(Cc2ccc(C(N)=O)cc2N)c1. The van der Waals surface area contributed by atoms with Gasteiger partial charge in [-0.25, -0.2) is 4.79 Å². The van der Waals surface area contributed by atoms with E-state index in [4.69, 9.17) is 16.2 Å². The molecule has 0 atom stereocenters. The molecule has 110 valence electrons. The van der Waals surface area contributed by atoms with Gasteiger partial charge in [-0.3, -0.25) is 9.48 Å². The molecule has 0 aliphatic carbocycles. The van der Waals surface area contributed by atoms with Crippen LogP contribution in [-0.2, 0) is 11.3 Å². The lowest BCUT2D eigenvalue weighted by molar-refractivity contribution is 0.0526. The van der Waals surface area contributed by atoms with Crippen molar-refractivity contribution in [3.8, 4) is 0 Å². The van der Waals surface area contributed by atoms with Crippen LogP contribution in [0.25, 0.3) is 0 Å². The molecule has 2 rings (SSSR count). The van der Waals surface area contributed by atoms with E-state index in [9.17, 15) is 9.59 Å². The number of nitrogens with zero attached hydrogens (tertiary/aromatic N) is 2. The van der Waals surface area contributed by atoms with Gasteiger partial charge in [0.05, 0.1) is 24.9 Å². The largest absolute Gasteiger partial charge is 0.462 e. The molecule has 0 unspecified atom stereocenters. The monoisotopic (exact) mass is 288 g/mol. The maximum Gasteiger partial charge on any atom is 0.341 e. The molecule has 4 N–H and O–H groups in total. The minimum Gasteiger partial charge on any atom is -0.462 e. The molecule has 1 amide bonds. The predicted molar refractivity (Wildman–Crippen MR) is 76.7 cm³/mol. The summed E-state index contributed by atoms with van der Waals surface area (Å²) in [5, 5.41) is 4.08. The number of amides is 1. The van der Waals surface area contributed by atoms with Gasteiger partial charge in [-0.2, -0.15) is 5.10 Å². The van der Waals surface area contributed by atoms with E-state index in [1.54, 1.807) is 29.9 Å². The van der Waals surface area contributed by atoms with E-state index >= 15 is 0 Å². The Kier molecular flexibility index (Phi) is 4.22. The van der Waals surface area contributed by atoms with Crippen molar-refractivity contribution < 1.29 is 14.3 Å². The number of primary amides is 1. The highest BCUT2D eigenvalue weighted by molar-refractivity contribution is 5.93. The zero-order valence-electron chi connectivity index (χ0n) is 11.6. The molecule has 0 saturated heterocycles. The molecule has 1 aromatic heterocycles. The Morgan fingerprint density at radius 2 is 2.10 bits per heavy atom. The van der Waals surface area contributed by atoms with E-state index in [0.29, 0.717) is 30.0 Å². The summed E-state index contributed by atoms with van der Waals surface area (Å²) in [6.45, 7) is 2.43. The third-order valence-corrected chi connectivity index (χ3v) is 2.91. The van der Waals surface area contributed by atoms with Crippen LogP contribution in [0.1, 0.15) is 33.2 Å². The van der Waals surface area contributed by atoms with Crippen molar-refractivity contribution in [2.24, 2.45) is 5.73 Å². The summed E-state index contributed by atoms with van der Waals surface area (Å²) in [7, 11) is 0. The standard InChI is InChI=1S/C14H16N4O3/c1-2-21-14(20)11-6-17-18(8-11)7-10-4-3-9(13(16)19)5-12(10)15/h3-6,8H,2,7,15H2,1H3,(H2,16,19). The molecule has 0 radical (unpaired) electrons. The number of nitrogens with two attached hydrogens (primary N) is 2. The number of rotatable bonds is 5. The summed E-state index contributed by atoms with van der Waals surface area (Å²) in [5.74, 6) is -0.947. The van der Waals surface area contributed by atoms with Crippen LogP contribution in [-0.4, -0.2) is 28.3 Å². The Hall–Kier alpha value is -2.83. The average Bonchev–Trinajstić information content (AvgIpc) is 2.90. The number of anilines is 1. The van der Waals surface area contributed by atoms with Crippen molar-refractivity contribution in [3.05, 3.63) is 47.3 Å². The molecule has 7 nitrogen and oxygen atoms in total. The molecule has 0 bridgehead atoms. The molecule has 21 heavy (non-hydrogen) atoms. The lowest BCUT2D eigenvalue weighted by Gasteiger charge is -2.07. The summed E-state index contributed by atoms with van der Waals surface area (Å²) in [5.41, 5.74) is 13.0. The number of carbonyl (C=O) groups excluding carboxylic acids is 2. The predicted octanol–water partition coefficient (Wildman–Crippen LogP) is 0.789. The van der Waals surface area contributed by atoms with E-state index in [1.807, 2.05) is 0 Å².